The molecular weight excluding hydrogens is 438 g/mol. The molecule has 0 aliphatic carbocycles. The SMILES string of the molecule is C=CCc1cc(/C=N\NC(=S)NCC)cc(OC)c1OCc1ccc(Br)cc1. The first-order valence-corrected chi connectivity index (χ1v) is 10.0. The second-order valence-corrected chi connectivity index (χ2v) is 7.17. The van der Waals surface area contributed by atoms with Crippen molar-refractivity contribution < 1.29 is 9.47 Å². The summed E-state index contributed by atoms with van der Waals surface area (Å²) in [7, 11) is 1.62. The molecule has 5 nitrogen and oxygen atoms in total. The summed E-state index contributed by atoms with van der Waals surface area (Å²) in [4.78, 5) is 0. The van der Waals surface area contributed by atoms with Gasteiger partial charge in [-0.2, -0.15) is 5.10 Å². The number of nitrogens with one attached hydrogen (secondary N) is 2. The normalized spacial score (nSPS) is 10.5. The number of ether oxygens (including phenoxy) is 2. The molecule has 0 saturated carbocycles. The van der Waals surface area contributed by atoms with Crippen LogP contribution in [0.1, 0.15) is 23.6 Å². The van der Waals surface area contributed by atoms with E-state index in [4.69, 9.17) is 21.7 Å². The highest BCUT2D eigenvalue weighted by atomic mass is 79.9. The smallest absolute Gasteiger partial charge is 0.186 e. The van der Waals surface area contributed by atoms with E-state index in [-0.39, 0.29) is 0 Å². The molecule has 0 aromatic heterocycles. The van der Waals surface area contributed by atoms with Crippen molar-refractivity contribution in [2.75, 3.05) is 13.7 Å². The first-order valence-electron chi connectivity index (χ1n) is 8.83. The van der Waals surface area contributed by atoms with Gasteiger partial charge in [-0.1, -0.05) is 34.1 Å². The van der Waals surface area contributed by atoms with Crippen molar-refractivity contribution in [3.63, 3.8) is 0 Å². The van der Waals surface area contributed by atoms with E-state index in [1.165, 1.54) is 0 Å². The van der Waals surface area contributed by atoms with Crippen molar-refractivity contribution in [2.45, 2.75) is 20.0 Å². The van der Waals surface area contributed by atoms with E-state index < -0.39 is 0 Å². The monoisotopic (exact) mass is 461 g/mol. The lowest BCUT2D eigenvalue weighted by Crippen LogP contribution is -2.31. The lowest BCUT2D eigenvalue weighted by Gasteiger charge is -2.16. The molecule has 2 aromatic carbocycles. The Kier molecular flexibility index (Phi) is 8.97. The zero-order valence-electron chi connectivity index (χ0n) is 16.0. The van der Waals surface area contributed by atoms with Crippen LogP contribution in [0, 0.1) is 0 Å². The molecule has 0 heterocycles. The standard InChI is InChI=1S/C21H24BrN3O2S/c1-4-6-17-11-16(13-24-25-21(28)23-5-2)12-19(26-3)20(17)27-14-15-7-9-18(22)10-8-15/h4,7-13H,1,5-6,14H2,2-3H3,(H2,23,25,28)/b24-13-. The van der Waals surface area contributed by atoms with Gasteiger partial charge in [0.05, 0.1) is 13.3 Å². The number of benzene rings is 2. The molecule has 2 N–H and O–H groups in total. The number of thiocarbonyl (C=S) groups is 1. The Balaban J connectivity index is 2.21. The number of hydrogen-bond acceptors (Lipinski definition) is 4. The van der Waals surface area contributed by atoms with Crippen molar-refractivity contribution in [2.24, 2.45) is 5.10 Å². The van der Waals surface area contributed by atoms with Gasteiger partial charge in [-0.05, 0) is 61.0 Å². The van der Waals surface area contributed by atoms with Crippen LogP contribution >= 0.6 is 28.1 Å². The van der Waals surface area contributed by atoms with E-state index in [9.17, 15) is 0 Å². The first kappa shape index (κ1) is 21.9. The second-order valence-electron chi connectivity index (χ2n) is 5.85. The molecule has 0 bridgehead atoms. The van der Waals surface area contributed by atoms with E-state index in [2.05, 4.69) is 38.4 Å². The summed E-state index contributed by atoms with van der Waals surface area (Å²) >= 11 is 8.54. The van der Waals surface area contributed by atoms with E-state index in [0.717, 1.165) is 27.7 Å². The first-order chi connectivity index (χ1) is 13.6. The van der Waals surface area contributed by atoms with Crippen LogP contribution in [0.15, 0.2) is 58.6 Å². The molecule has 2 aromatic rings. The minimum Gasteiger partial charge on any atom is -0.493 e. The van der Waals surface area contributed by atoms with Gasteiger partial charge in [0.25, 0.3) is 0 Å². The van der Waals surface area contributed by atoms with Crippen LogP contribution in [-0.4, -0.2) is 25.0 Å². The highest BCUT2D eigenvalue weighted by Gasteiger charge is 2.12. The number of hydrazone groups is 1. The average molecular weight is 462 g/mol. The topological polar surface area (TPSA) is 54.9 Å². The summed E-state index contributed by atoms with van der Waals surface area (Å²) in [6, 6.07) is 11.9. The van der Waals surface area contributed by atoms with Gasteiger partial charge >= 0.3 is 0 Å². The summed E-state index contributed by atoms with van der Waals surface area (Å²) in [5, 5.41) is 7.62. The third-order valence-electron chi connectivity index (χ3n) is 3.75. The maximum absolute atomic E-state index is 6.09. The summed E-state index contributed by atoms with van der Waals surface area (Å²) in [5.74, 6) is 1.35. The van der Waals surface area contributed by atoms with Gasteiger partial charge in [0.15, 0.2) is 16.6 Å². The van der Waals surface area contributed by atoms with E-state index in [1.807, 2.05) is 49.4 Å². The molecule has 148 valence electrons. The fourth-order valence-corrected chi connectivity index (χ4v) is 2.94. The molecule has 0 spiro atoms. The molecule has 0 saturated heterocycles. The zero-order chi connectivity index (χ0) is 20.4. The largest absolute Gasteiger partial charge is 0.493 e. The molecule has 7 heteroatoms. The van der Waals surface area contributed by atoms with Gasteiger partial charge in [-0.3, -0.25) is 5.43 Å². The number of nitrogens with zero attached hydrogens (tertiary/aromatic N) is 1. The van der Waals surface area contributed by atoms with Gasteiger partial charge in [0.2, 0.25) is 0 Å². The van der Waals surface area contributed by atoms with Crippen LogP contribution < -0.4 is 20.2 Å². The van der Waals surface area contributed by atoms with Gasteiger partial charge in [0, 0.05) is 16.6 Å². The number of allylic oxidation sites excluding steroid dienone is 1. The van der Waals surface area contributed by atoms with Crippen molar-refractivity contribution in [3.05, 3.63) is 70.2 Å². The lowest BCUT2D eigenvalue weighted by atomic mass is 10.1. The van der Waals surface area contributed by atoms with Crippen molar-refractivity contribution in [1.29, 1.82) is 0 Å². The number of hydrogen-bond donors (Lipinski definition) is 2. The van der Waals surface area contributed by atoms with Crippen LogP contribution in [-0.2, 0) is 13.0 Å². The highest BCUT2D eigenvalue weighted by molar-refractivity contribution is 9.10. The van der Waals surface area contributed by atoms with E-state index in [0.29, 0.717) is 29.6 Å². The molecule has 0 aliphatic rings. The van der Waals surface area contributed by atoms with E-state index >= 15 is 0 Å². The maximum Gasteiger partial charge on any atom is 0.186 e. The van der Waals surface area contributed by atoms with Gasteiger partial charge in [0.1, 0.15) is 6.61 Å². The maximum atomic E-state index is 6.09. The predicted molar refractivity (Wildman–Crippen MR) is 122 cm³/mol. The van der Waals surface area contributed by atoms with Crippen LogP contribution in [0.5, 0.6) is 11.5 Å². The lowest BCUT2D eigenvalue weighted by molar-refractivity contribution is 0.282. The van der Waals surface area contributed by atoms with Crippen LogP contribution in [0.2, 0.25) is 0 Å². The summed E-state index contributed by atoms with van der Waals surface area (Å²) in [5.41, 5.74) is 5.70. The Morgan fingerprint density at radius 3 is 2.68 bits per heavy atom. The molecule has 0 unspecified atom stereocenters. The molecule has 28 heavy (non-hydrogen) atoms. The van der Waals surface area contributed by atoms with Gasteiger partial charge in [-0.15, -0.1) is 6.58 Å². The third kappa shape index (κ3) is 6.65. The summed E-state index contributed by atoms with van der Waals surface area (Å²) in [6.45, 7) is 7.00. The quantitative estimate of drug-likeness (QED) is 0.247. The van der Waals surface area contributed by atoms with E-state index in [1.54, 1.807) is 13.3 Å². The summed E-state index contributed by atoms with van der Waals surface area (Å²) in [6.07, 6.45) is 4.18. The molecular formula is C21H24BrN3O2S. The number of rotatable bonds is 9. The Labute approximate surface area is 180 Å². The van der Waals surface area contributed by atoms with Crippen molar-refractivity contribution in [1.82, 2.24) is 10.7 Å². The Morgan fingerprint density at radius 1 is 1.29 bits per heavy atom. The van der Waals surface area contributed by atoms with Gasteiger partial charge < -0.3 is 14.8 Å². The van der Waals surface area contributed by atoms with Crippen LogP contribution in [0.3, 0.4) is 0 Å². The van der Waals surface area contributed by atoms with Crippen LogP contribution in [0.25, 0.3) is 0 Å². The molecule has 0 radical (unpaired) electrons. The molecule has 2 rings (SSSR count). The fourth-order valence-electron chi connectivity index (χ4n) is 2.48. The highest BCUT2D eigenvalue weighted by Crippen LogP contribution is 2.34. The Hall–Kier alpha value is -2.38. The minimum atomic E-state index is 0.444. The molecule has 0 fully saturated rings. The third-order valence-corrected chi connectivity index (χ3v) is 4.52. The van der Waals surface area contributed by atoms with Crippen molar-refractivity contribution in [3.8, 4) is 11.5 Å². The Morgan fingerprint density at radius 2 is 2.04 bits per heavy atom. The van der Waals surface area contributed by atoms with Gasteiger partial charge in [-0.25, -0.2) is 0 Å². The van der Waals surface area contributed by atoms with Crippen molar-refractivity contribution >= 4 is 39.5 Å². The Bertz CT molecular complexity index is 838. The second kappa shape index (κ2) is 11.5. The van der Waals surface area contributed by atoms with Crippen LogP contribution in [0.4, 0.5) is 0 Å². The number of halogens is 1. The average Bonchev–Trinajstić information content (AvgIpc) is 2.68. The molecule has 0 atom stereocenters. The molecule has 0 aliphatic heterocycles. The minimum absolute atomic E-state index is 0.444. The zero-order valence-corrected chi connectivity index (χ0v) is 18.4. The molecule has 0 amide bonds. The predicted octanol–water partition coefficient (Wildman–Crippen LogP) is 4.58. The fraction of sp³-hybridized carbons (Fsp3) is 0.238. The number of methoxy groups -OCH3 is 1. The summed E-state index contributed by atoms with van der Waals surface area (Å²) < 4.78 is 12.7.